The number of carbonyl (C=O) groups is 2. The number of amides is 2. The van der Waals surface area contributed by atoms with Gasteiger partial charge in [-0.1, -0.05) is 15.9 Å². The van der Waals surface area contributed by atoms with E-state index in [0.717, 1.165) is 11.8 Å². The third-order valence-corrected chi connectivity index (χ3v) is 2.36. The highest BCUT2D eigenvalue weighted by molar-refractivity contribution is 9.12. The summed E-state index contributed by atoms with van der Waals surface area (Å²) >= 11 is 3.92. The van der Waals surface area contributed by atoms with Gasteiger partial charge in [-0.25, -0.2) is 0 Å². The normalized spacial score (nSPS) is 28.4. The zero-order valence-corrected chi connectivity index (χ0v) is 6.08. The quantitative estimate of drug-likeness (QED) is 0.579. The van der Waals surface area contributed by atoms with Gasteiger partial charge in [-0.15, -0.1) is 0 Å². The van der Waals surface area contributed by atoms with Crippen LogP contribution in [0.1, 0.15) is 0 Å². The summed E-state index contributed by atoms with van der Waals surface area (Å²) in [5.41, 5.74) is 0. The molecule has 3 nitrogen and oxygen atoms in total. The van der Waals surface area contributed by atoms with E-state index in [9.17, 15) is 9.59 Å². The monoisotopic (exact) mass is 195 g/mol. The molecule has 0 aromatic carbocycles. The maximum absolute atomic E-state index is 10.4. The molecule has 1 aliphatic rings. The van der Waals surface area contributed by atoms with Gasteiger partial charge in [-0.3, -0.25) is 14.9 Å². The van der Waals surface area contributed by atoms with Crippen LogP contribution in [-0.4, -0.2) is 15.3 Å². The molecule has 1 N–H and O–H groups in total. The van der Waals surface area contributed by atoms with Gasteiger partial charge in [0.25, 0.3) is 11.1 Å². The summed E-state index contributed by atoms with van der Waals surface area (Å²) in [6.45, 7) is 0. The Morgan fingerprint density at radius 1 is 1.62 bits per heavy atom. The van der Waals surface area contributed by atoms with Crippen LogP contribution in [0.5, 0.6) is 0 Å². The van der Waals surface area contributed by atoms with Crippen LogP contribution in [0.15, 0.2) is 0 Å². The van der Waals surface area contributed by atoms with Gasteiger partial charge in [0.05, 0.1) is 0 Å². The van der Waals surface area contributed by atoms with Gasteiger partial charge in [0.1, 0.15) is 4.16 Å². The van der Waals surface area contributed by atoms with E-state index >= 15 is 0 Å². The first kappa shape index (κ1) is 6.10. The number of hydrogen-bond donors (Lipinski definition) is 1. The Balaban J connectivity index is 2.64. The second kappa shape index (κ2) is 2.06. The van der Waals surface area contributed by atoms with Crippen molar-refractivity contribution in [3.8, 4) is 0 Å². The van der Waals surface area contributed by atoms with Crippen molar-refractivity contribution in [1.29, 1.82) is 0 Å². The fourth-order valence-corrected chi connectivity index (χ4v) is 1.47. The van der Waals surface area contributed by atoms with Crippen molar-refractivity contribution >= 4 is 38.8 Å². The topological polar surface area (TPSA) is 46.2 Å². The summed E-state index contributed by atoms with van der Waals surface area (Å²) in [5, 5.41) is 1.82. The molecule has 0 aliphatic carbocycles. The lowest BCUT2D eigenvalue weighted by Gasteiger charge is -1.84. The van der Waals surface area contributed by atoms with Crippen LogP contribution in [0, 0.1) is 0 Å². The number of carbonyl (C=O) groups excluding carboxylic acids is 2. The van der Waals surface area contributed by atoms with Crippen molar-refractivity contribution < 1.29 is 9.59 Å². The van der Waals surface area contributed by atoms with Crippen molar-refractivity contribution in [1.82, 2.24) is 5.32 Å². The molecule has 1 rings (SSSR count). The Morgan fingerprint density at radius 3 is 2.38 bits per heavy atom. The van der Waals surface area contributed by atoms with Gasteiger partial charge in [0.15, 0.2) is 0 Å². The molecule has 1 saturated heterocycles. The minimum absolute atomic E-state index is 0.264. The molecule has 0 radical (unpaired) electrons. The van der Waals surface area contributed by atoms with Crippen LogP contribution in [-0.2, 0) is 4.79 Å². The highest BCUT2D eigenvalue weighted by Gasteiger charge is 2.28. The van der Waals surface area contributed by atoms with Crippen LogP contribution in [0.2, 0.25) is 0 Å². The molecular weight excluding hydrogens is 194 g/mol. The van der Waals surface area contributed by atoms with Gasteiger partial charge in [0.2, 0.25) is 0 Å². The molecule has 44 valence electrons. The van der Waals surface area contributed by atoms with Crippen LogP contribution in [0.3, 0.4) is 0 Å². The highest BCUT2D eigenvalue weighted by atomic mass is 79.9. The number of thioether (sulfide) groups is 1. The first-order valence-corrected chi connectivity index (χ1v) is 3.65. The molecule has 2 amide bonds. The Kier molecular flexibility index (Phi) is 1.57. The fourth-order valence-electron chi connectivity index (χ4n) is 0.334. The van der Waals surface area contributed by atoms with Crippen molar-refractivity contribution in [2.75, 3.05) is 0 Å². The molecule has 1 aliphatic heterocycles. The molecule has 0 bridgehead atoms. The molecule has 0 unspecified atom stereocenters. The summed E-state index contributed by atoms with van der Waals surface area (Å²) in [7, 11) is 0. The predicted molar refractivity (Wildman–Crippen MR) is 33.8 cm³/mol. The SMILES string of the molecule is O=C1NC(=O)[C@@H](Br)S1. The molecular formula is C3H2BrNO2S. The van der Waals surface area contributed by atoms with E-state index in [4.69, 9.17) is 0 Å². The lowest BCUT2D eigenvalue weighted by atomic mass is 10.7. The van der Waals surface area contributed by atoms with E-state index in [1.54, 1.807) is 0 Å². The zero-order valence-electron chi connectivity index (χ0n) is 3.68. The smallest absolute Gasteiger partial charge is 0.285 e. The standard InChI is InChI=1S/C3H2BrNO2S/c4-1-2(6)5-3(7)8-1/h1H,(H,5,6,7)/t1-/m0/s1. The maximum atomic E-state index is 10.4. The van der Waals surface area contributed by atoms with E-state index in [1.807, 2.05) is 0 Å². The van der Waals surface area contributed by atoms with Gasteiger partial charge < -0.3 is 0 Å². The van der Waals surface area contributed by atoms with Gasteiger partial charge in [-0.05, 0) is 11.8 Å². The van der Waals surface area contributed by atoms with E-state index in [0.29, 0.717) is 0 Å². The van der Waals surface area contributed by atoms with Crippen molar-refractivity contribution in [3.63, 3.8) is 0 Å². The van der Waals surface area contributed by atoms with Gasteiger partial charge >= 0.3 is 0 Å². The largest absolute Gasteiger partial charge is 0.287 e. The molecule has 8 heavy (non-hydrogen) atoms. The number of alkyl halides is 1. The molecule has 1 atom stereocenters. The average molecular weight is 196 g/mol. The van der Waals surface area contributed by atoms with E-state index in [-0.39, 0.29) is 15.3 Å². The molecule has 5 heteroatoms. The maximum Gasteiger partial charge on any atom is 0.287 e. The Morgan fingerprint density at radius 2 is 2.25 bits per heavy atom. The number of nitrogens with one attached hydrogen (secondary N) is 1. The number of rotatable bonds is 0. The minimum atomic E-state index is -0.380. The van der Waals surface area contributed by atoms with Gasteiger partial charge in [0, 0.05) is 0 Å². The van der Waals surface area contributed by atoms with E-state index < -0.39 is 0 Å². The van der Waals surface area contributed by atoms with Crippen LogP contribution < -0.4 is 5.32 Å². The summed E-state index contributed by atoms with van der Waals surface area (Å²) < 4.78 is -0.380. The molecule has 1 heterocycles. The number of imide groups is 1. The summed E-state index contributed by atoms with van der Waals surface area (Å²) in [5.74, 6) is -0.264. The third-order valence-electron chi connectivity index (χ3n) is 0.642. The average Bonchev–Trinajstić information content (AvgIpc) is 1.85. The van der Waals surface area contributed by atoms with Crippen molar-refractivity contribution in [2.45, 2.75) is 4.16 Å². The summed E-state index contributed by atoms with van der Waals surface area (Å²) in [4.78, 5) is 20.6. The first-order valence-electron chi connectivity index (χ1n) is 1.85. The zero-order chi connectivity index (χ0) is 6.15. The Bertz CT molecular complexity index is 148. The molecule has 0 spiro atoms. The van der Waals surface area contributed by atoms with Gasteiger partial charge in [-0.2, -0.15) is 0 Å². The minimum Gasteiger partial charge on any atom is -0.285 e. The summed E-state index contributed by atoms with van der Waals surface area (Å²) in [6, 6.07) is 0. The molecule has 0 aromatic heterocycles. The highest BCUT2D eigenvalue weighted by Crippen LogP contribution is 2.23. The van der Waals surface area contributed by atoms with E-state index in [1.165, 1.54) is 0 Å². The lowest BCUT2D eigenvalue weighted by molar-refractivity contribution is -0.117. The van der Waals surface area contributed by atoms with Crippen LogP contribution in [0.4, 0.5) is 4.79 Å². The lowest BCUT2D eigenvalue weighted by Crippen LogP contribution is -2.20. The fraction of sp³-hybridized carbons (Fsp3) is 0.333. The summed E-state index contributed by atoms with van der Waals surface area (Å²) in [6.07, 6.45) is 0. The second-order valence-corrected chi connectivity index (χ2v) is 3.81. The Labute approximate surface area is 58.3 Å². The number of halogens is 1. The van der Waals surface area contributed by atoms with Crippen molar-refractivity contribution in [2.24, 2.45) is 0 Å². The second-order valence-electron chi connectivity index (χ2n) is 1.21. The molecule has 0 aromatic rings. The predicted octanol–water partition coefficient (Wildman–Crippen LogP) is 0.690. The third kappa shape index (κ3) is 1.03. The molecule has 1 fully saturated rings. The van der Waals surface area contributed by atoms with Crippen LogP contribution in [0.25, 0.3) is 0 Å². The first-order chi connectivity index (χ1) is 3.70. The van der Waals surface area contributed by atoms with Crippen LogP contribution >= 0.6 is 27.7 Å². The number of hydrogen-bond acceptors (Lipinski definition) is 3. The van der Waals surface area contributed by atoms with Crippen molar-refractivity contribution in [3.05, 3.63) is 0 Å². The Hall–Kier alpha value is -0.0300. The molecule has 0 saturated carbocycles. The van der Waals surface area contributed by atoms with E-state index in [2.05, 4.69) is 21.2 Å².